The molecule has 1 saturated heterocycles. The Balaban J connectivity index is 1.85. The molecular weight excluding hydrogens is 300 g/mol. The highest BCUT2D eigenvalue weighted by Crippen LogP contribution is 2.20. The Bertz CT molecular complexity index is 531. The summed E-state index contributed by atoms with van der Waals surface area (Å²) >= 11 is 1.65. The maximum absolute atomic E-state index is 12.3. The van der Waals surface area contributed by atoms with Crippen molar-refractivity contribution in [2.24, 2.45) is 0 Å². The predicted octanol–water partition coefficient (Wildman–Crippen LogP) is 1.82. The van der Waals surface area contributed by atoms with E-state index in [0.29, 0.717) is 19.6 Å². The molecule has 0 saturated carbocycles. The number of thiazole rings is 1. The van der Waals surface area contributed by atoms with Gasteiger partial charge in [0.25, 0.3) is 0 Å². The molecule has 0 unspecified atom stereocenters. The molecule has 1 N–H and O–H groups in total. The Morgan fingerprint density at radius 3 is 2.91 bits per heavy atom. The number of aryl methyl sites for hydroxylation is 1. The van der Waals surface area contributed by atoms with Crippen molar-refractivity contribution in [1.29, 1.82) is 0 Å². The molecule has 1 aliphatic rings. The second-order valence-electron chi connectivity index (χ2n) is 5.64. The summed E-state index contributed by atoms with van der Waals surface area (Å²) in [6.07, 6.45) is 2.68. The zero-order chi connectivity index (χ0) is 16.1. The first-order valence-corrected chi connectivity index (χ1v) is 8.55. The van der Waals surface area contributed by atoms with Crippen LogP contribution in [0.4, 0.5) is 4.79 Å². The molecular formula is C15H24N4O2S. The summed E-state index contributed by atoms with van der Waals surface area (Å²) in [5, 5.41) is 3.95. The smallest absolute Gasteiger partial charge is 0.317 e. The summed E-state index contributed by atoms with van der Waals surface area (Å²) in [6, 6.07) is -0.161. The van der Waals surface area contributed by atoms with Gasteiger partial charge in [-0.1, -0.05) is 6.92 Å². The normalized spacial score (nSPS) is 17.3. The molecule has 0 spiro atoms. The third kappa shape index (κ3) is 4.19. The van der Waals surface area contributed by atoms with E-state index in [1.54, 1.807) is 21.1 Å². The van der Waals surface area contributed by atoms with Crippen molar-refractivity contribution < 1.29 is 9.59 Å². The molecule has 0 aliphatic carbocycles. The molecule has 1 fully saturated rings. The highest BCUT2D eigenvalue weighted by molar-refractivity contribution is 7.11. The predicted molar refractivity (Wildman–Crippen MR) is 87.1 cm³/mol. The van der Waals surface area contributed by atoms with E-state index in [1.165, 1.54) is 4.88 Å². The number of urea groups is 1. The van der Waals surface area contributed by atoms with Crippen molar-refractivity contribution >= 4 is 23.3 Å². The molecule has 1 aromatic rings. The van der Waals surface area contributed by atoms with Gasteiger partial charge in [0.2, 0.25) is 5.91 Å². The lowest BCUT2D eigenvalue weighted by molar-refractivity contribution is -0.130. The molecule has 122 valence electrons. The summed E-state index contributed by atoms with van der Waals surface area (Å²) < 4.78 is 0. The Kier molecular flexibility index (Phi) is 5.76. The minimum Gasteiger partial charge on any atom is -0.341 e. The number of hydrogen-bond donors (Lipinski definition) is 1. The van der Waals surface area contributed by atoms with Gasteiger partial charge in [0.15, 0.2) is 0 Å². The van der Waals surface area contributed by atoms with E-state index in [1.807, 2.05) is 27.0 Å². The molecule has 7 heteroatoms. The van der Waals surface area contributed by atoms with Crippen LogP contribution < -0.4 is 5.32 Å². The number of carbonyl (C=O) groups is 2. The van der Waals surface area contributed by atoms with Crippen LogP contribution in [0, 0.1) is 6.92 Å². The number of rotatable bonds is 4. The molecule has 2 heterocycles. The number of carbonyl (C=O) groups excluding carboxylic acids is 2. The largest absolute Gasteiger partial charge is 0.341 e. The highest BCUT2D eigenvalue weighted by atomic mass is 32.1. The van der Waals surface area contributed by atoms with Crippen molar-refractivity contribution in [2.75, 3.05) is 32.7 Å². The number of amides is 3. The molecule has 1 aromatic heterocycles. The summed E-state index contributed by atoms with van der Waals surface area (Å²) in [7, 11) is 0. The Hall–Kier alpha value is -1.63. The number of aromatic nitrogens is 1. The van der Waals surface area contributed by atoms with E-state index in [0.717, 1.165) is 18.0 Å². The summed E-state index contributed by atoms with van der Waals surface area (Å²) in [5.74, 6) is 0.205. The molecule has 3 amide bonds. The summed E-state index contributed by atoms with van der Waals surface area (Å²) in [5.41, 5.74) is 0. The lowest BCUT2D eigenvalue weighted by Crippen LogP contribution is -2.45. The third-order valence-corrected chi connectivity index (χ3v) is 4.97. The van der Waals surface area contributed by atoms with Crippen molar-refractivity contribution in [2.45, 2.75) is 33.1 Å². The van der Waals surface area contributed by atoms with Crippen LogP contribution in [0.15, 0.2) is 6.20 Å². The molecule has 0 radical (unpaired) electrons. The van der Waals surface area contributed by atoms with Crippen LogP contribution in [0.25, 0.3) is 0 Å². The van der Waals surface area contributed by atoms with E-state index in [2.05, 4.69) is 10.3 Å². The van der Waals surface area contributed by atoms with E-state index in [-0.39, 0.29) is 24.4 Å². The molecule has 6 nitrogen and oxygen atoms in total. The topological polar surface area (TPSA) is 65.5 Å². The third-order valence-electron chi connectivity index (χ3n) is 3.82. The fourth-order valence-electron chi connectivity index (χ4n) is 2.47. The second-order valence-corrected chi connectivity index (χ2v) is 6.91. The number of likely N-dealkylation sites (N-methyl/N-ethyl adjacent to an activating group) is 1. The monoisotopic (exact) mass is 324 g/mol. The van der Waals surface area contributed by atoms with Crippen LogP contribution in [0.2, 0.25) is 0 Å². The van der Waals surface area contributed by atoms with Crippen molar-refractivity contribution in [1.82, 2.24) is 20.1 Å². The van der Waals surface area contributed by atoms with E-state index in [9.17, 15) is 9.59 Å². The van der Waals surface area contributed by atoms with Gasteiger partial charge in [0.05, 0.1) is 5.01 Å². The van der Waals surface area contributed by atoms with Crippen LogP contribution in [0.1, 0.15) is 36.1 Å². The zero-order valence-electron chi connectivity index (χ0n) is 13.5. The second kappa shape index (κ2) is 7.58. The van der Waals surface area contributed by atoms with Gasteiger partial charge in [0.1, 0.15) is 6.54 Å². The fraction of sp³-hybridized carbons (Fsp3) is 0.667. The lowest BCUT2D eigenvalue weighted by Gasteiger charge is -2.22. The van der Waals surface area contributed by atoms with Gasteiger partial charge >= 0.3 is 6.03 Å². The average Bonchev–Trinajstić information content (AvgIpc) is 2.84. The first kappa shape index (κ1) is 16.7. The lowest BCUT2D eigenvalue weighted by atomic mass is 10.2. The minimum atomic E-state index is -0.161. The van der Waals surface area contributed by atoms with Gasteiger partial charge in [-0.2, -0.15) is 0 Å². The molecule has 1 atom stereocenters. The molecule has 22 heavy (non-hydrogen) atoms. The van der Waals surface area contributed by atoms with Crippen LogP contribution in [-0.2, 0) is 4.79 Å². The van der Waals surface area contributed by atoms with Crippen LogP contribution in [-0.4, -0.2) is 59.4 Å². The number of nitrogens with zero attached hydrogens (tertiary/aromatic N) is 3. The van der Waals surface area contributed by atoms with Crippen molar-refractivity contribution in [3.8, 4) is 0 Å². The minimum absolute atomic E-state index is 0.0266. The van der Waals surface area contributed by atoms with E-state index in [4.69, 9.17) is 0 Å². The number of nitrogens with one attached hydrogen (secondary N) is 1. The van der Waals surface area contributed by atoms with Gasteiger partial charge in [-0.25, -0.2) is 9.78 Å². The summed E-state index contributed by atoms with van der Waals surface area (Å²) in [6.45, 7) is 8.80. The molecule has 2 rings (SSSR count). The maximum atomic E-state index is 12.3. The Labute approximate surface area is 135 Å². The standard InChI is InChI=1S/C15H24N4O2S/c1-4-18-6-5-7-19(10-13(18)20)15(21)17-8-11(2)14-16-9-12(3)22-14/h9,11H,4-8,10H2,1-3H3,(H,17,21)/t11-/m1/s1. The van der Waals surface area contributed by atoms with Gasteiger partial charge in [-0.3, -0.25) is 4.79 Å². The van der Waals surface area contributed by atoms with Gasteiger partial charge in [-0.05, 0) is 20.3 Å². The van der Waals surface area contributed by atoms with Crippen molar-refractivity contribution in [3.63, 3.8) is 0 Å². The van der Waals surface area contributed by atoms with Crippen molar-refractivity contribution in [3.05, 3.63) is 16.1 Å². The fourth-order valence-corrected chi connectivity index (χ4v) is 3.29. The van der Waals surface area contributed by atoms with Crippen LogP contribution >= 0.6 is 11.3 Å². The Morgan fingerprint density at radius 1 is 1.50 bits per heavy atom. The number of hydrogen-bond acceptors (Lipinski definition) is 4. The quantitative estimate of drug-likeness (QED) is 0.919. The van der Waals surface area contributed by atoms with Gasteiger partial charge in [-0.15, -0.1) is 11.3 Å². The van der Waals surface area contributed by atoms with E-state index >= 15 is 0 Å². The maximum Gasteiger partial charge on any atom is 0.317 e. The highest BCUT2D eigenvalue weighted by Gasteiger charge is 2.24. The summed E-state index contributed by atoms with van der Waals surface area (Å²) in [4.78, 5) is 33.2. The van der Waals surface area contributed by atoms with Crippen LogP contribution in [0.3, 0.4) is 0 Å². The van der Waals surface area contributed by atoms with E-state index < -0.39 is 0 Å². The van der Waals surface area contributed by atoms with Crippen LogP contribution in [0.5, 0.6) is 0 Å². The molecule has 0 aromatic carbocycles. The van der Waals surface area contributed by atoms with Gasteiger partial charge in [0, 0.05) is 43.2 Å². The first-order valence-electron chi connectivity index (χ1n) is 7.74. The Morgan fingerprint density at radius 2 is 2.27 bits per heavy atom. The molecule has 0 bridgehead atoms. The first-order chi connectivity index (χ1) is 10.5. The van der Waals surface area contributed by atoms with Gasteiger partial charge < -0.3 is 15.1 Å². The molecule has 1 aliphatic heterocycles. The average molecular weight is 324 g/mol. The SMILES string of the molecule is CCN1CCCN(C(=O)NC[C@@H](C)c2ncc(C)s2)CC1=O. The zero-order valence-corrected chi connectivity index (χ0v) is 14.3.